The van der Waals surface area contributed by atoms with Gasteiger partial charge in [0.2, 0.25) is 5.91 Å². The summed E-state index contributed by atoms with van der Waals surface area (Å²) in [6.07, 6.45) is 5.43. The quantitative estimate of drug-likeness (QED) is 0.408. The van der Waals surface area contributed by atoms with E-state index in [4.69, 9.17) is 6.42 Å². The van der Waals surface area contributed by atoms with Gasteiger partial charge in [-0.05, 0) is 74.3 Å². The van der Waals surface area contributed by atoms with Gasteiger partial charge in [-0.1, -0.05) is 61.2 Å². The third-order valence-electron chi connectivity index (χ3n) is 6.37. The van der Waals surface area contributed by atoms with Gasteiger partial charge in [-0.2, -0.15) is 0 Å². The molecule has 3 aromatic rings. The molecule has 5 nitrogen and oxygen atoms in total. The molecule has 0 saturated heterocycles. The molecule has 3 aromatic carbocycles. The normalized spacial score (nSPS) is 11.8. The fourth-order valence-electron chi connectivity index (χ4n) is 4.46. The first-order valence-electron chi connectivity index (χ1n) is 12.6. The molecular formula is C32H37N3O2. The number of nitrogens with zero attached hydrogens (tertiary/aromatic N) is 2. The Morgan fingerprint density at radius 2 is 1.43 bits per heavy atom. The Hall–Kier alpha value is -3.88. The van der Waals surface area contributed by atoms with Crippen LogP contribution in [0.2, 0.25) is 0 Å². The molecule has 0 saturated carbocycles. The summed E-state index contributed by atoms with van der Waals surface area (Å²) in [6.45, 7) is 9.70. The van der Waals surface area contributed by atoms with Crippen molar-refractivity contribution in [3.63, 3.8) is 0 Å². The van der Waals surface area contributed by atoms with Crippen LogP contribution in [0.5, 0.6) is 0 Å². The van der Waals surface area contributed by atoms with E-state index >= 15 is 0 Å². The minimum Gasteiger partial charge on any atom is -0.340 e. The van der Waals surface area contributed by atoms with E-state index in [0.717, 1.165) is 29.9 Å². The maximum atomic E-state index is 13.2. The van der Waals surface area contributed by atoms with Gasteiger partial charge >= 0.3 is 0 Å². The number of terminal acetylenes is 1. The van der Waals surface area contributed by atoms with Crippen LogP contribution in [-0.2, 0) is 17.9 Å². The molecule has 0 aliphatic heterocycles. The summed E-state index contributed by atoms with van der Waals surface area (Å²) >= 11 is 0. The number of likely N-dealkylation sites (N-methyl/N-ethyl adjacent to an activating group) is 1. The van der Waals surface area contributed by atoms with E-state index in [1.165, 1.54) is 16.7 Å². The average Bonchev–Trinajstić information content (AvgIpc) is 2.86. The molecule has 0 unspecified atom stereocenters. The second kappa shape index (κ2) is 12.4. The predicted molar refractivity (Wildman–Crippen MR) is 151 cm³/mol. The van der Waals surface area contributed by atoms with Crippen molar-refractivity contribution in [3.8, 4) is 12.3 Å². The van der Waals surface area contributed by atoms with Gasteiger partial charge in [0, 0.05) is 37.0 Å². The van der Waals surface area contributed by atoms with Crippen LogP contribution in [0.4, 0.5) is 5.69 Å². The van der Waals surface area contributed by atoms with Crippen LogP contribution in [0.25, 0.3) is 0 Å². The number of carbonyl (C=O) groups excluding carboxylic acids is 2. The molecule has 37 heavy (non-hydrogen) atoms. The lowest BCUT2D eigenvalue weighted by Gasteiger charge is -2.27. The molecular weight excluding hydrogens is 458 g/mol. The van der Waals surface area contributed by atoms with Gasteiger partial charge in [-0.25, -0.2) is 0 Å². The van der Waals surface area contributed by atoms with E-state index in [9.17, 15) is 9.59 Å². The summed E-state index contributed by atoms with van der Waals surface area (Å²) in [6, 6.07) is 20.7. The second-order valence-electron chi connectivity index (χ2n) is 10.1. The van der Waals surface area contributed by atoms with E-state index in [-0.39, 0.29) is 17.7 Å². The molecule has 0 spiro atoms. The monoisotopic (exact) mass is 495 g/mol. The number of benzene rings is 3. The maximum Gasteiger partial charge on any atom is 0.251 e. The lowest BCUT2D eigenvalue weighted by atomic mass is 10.0. The topological polar surface area (TPSA) is 52.7 Å². The van der Waals surface area contributed by atoms with Crippen LogP contribution in [0.3, 0.4) is 0 Å². The van der Waals surface area contributed by atoms with E-state index < -0.39 is 6.04 Å². The Kier molecular flexibility index (Phi) is 9.27. The number of amides is 2. The van der Waals surface area contributed by atoms with E-state index in [1.807, 2.05) is 50.2 Å². The number of anilines is 1. The summed E-state index contributed by atoms with van der Waals surface area (Å²) in [5.41, 5.74) is 6.94. The number of hydrogen-bond donors (Lipinski definition) is 1. The van der Waals surface area contributed by atoms with Crippen LogP contribution in [0.1, 0.15) is 52.0 Å². The highest BCUT2D eigenvalue weighted by Crippen LogP contribution is 2.18. The third kappa shape index (κ3) is 7.55. The fraction of sp³-hybridized carbons (Fsp3) is 0.312. The Balaban J connectivity index is 1.63. The predicted octanol–water partition coefficient (Wildman–Crippen LogP) is 5.33. The zero-order valence-corrected chi connectivity index (χ0v) is 22.7. The van der Waals surface area contributed by atoms with E-state index in [1.54, 1.807) is 24.1 Å². The number of aryl methyl sites for hydroxylation is 2. The summed E-state index contributed by atoms with van der Waals surface area (Å²) < 4.78 is 0. The summed E-state index contributed by atoms with van der Waals surface area (Å²) in [4.78, 5) is 30.1. The van der Waals surface area contributed by atoms with Crippen molar-refractivity contribution in [1.29, 1.82) is 0 Å². The van der Waals surface area contributed by atoms with Crippen LogP contribution in [-0.4, -0.2) is 36.9 Å². The largest absolute Gasteiger partial charge is 0.340 e. The molecule has 5 heteroatoms. The van der Waals surface area contributed by atoms with Gasteiger partial charge in [-0.3, -0.25) is 14.5 Å². The lowest BCUT2D eigenvalue weighted by Crippen LogP contribution is -2.50. The molecule has 0 aliphatic carbocycles. The van der Waals surface area contributed by atoms with Crippen molar-refractivity contribution in [2.45, 2.75) is 46.8 Å². The molecule has 0 aromatic heterocycles. The van der Waals surface area contributed by atoms with Crippen LogP contribution < -0.4 is 10.2 Å². The molecule has 3 rings (SSSR count). The van der Waals surface area contributed by atoms with Gasteiger partial charge in [-0.15, -0.1) is 6.42 Å². The Bertz CT molecular complexity index is 1250. The third-order valence-corrected chi connectivity index (χ3v) is 6.37. The van der Waals surface area contributed by atoms with Crippen molar-refractivity contribution < 1.29 is 9.59 Å². The Morgan fingerprint density at radius 3 is 1.97 bits per heavy atom. The summed E-state index contributed by atoms with van der Waals surface area (Å²) in [5.74, 6) is 2.05. The fourth-order valence-corrected chi connectivity index (χ4v) is 4.46. The molecule has 0 bridgehead atoms. The minimum absolute atomic E-state index is 0.0814. The first kappa shape index (κ1) is 27.7. The minimum atomic E-state index is -0.659. The standard InChI is InChI=1S/C32H37N3O2/c1-8-25-11-15-29(16-12-25)35(7)32(37)30(22(2)3)33-31(36)28-13-9-26(10-14-28)20-34(6)21-27-18-23(4)17-24(5)19-27/h1,9-19,22,30H,20-21H2,2-7H3,(H,33,36)/t30-/m1/s1. The summed E-state index contributed by atoms with van der Waals surface area (Å²) in [5, 5.41) is 2.94. The van der Waals surface area contributed by atoms with Crippen molar-refractivity contribution in [1.82, 2.24) is 10.2 Å². The van der Waals surface area contributed by atoms with E-state index in [2.05, 4.69) is 55.2 Å². The van der Waals surface area contributed by atoms with Gasteiger partial charge in [0.15, 0.2) is 0 Å². The van der Waals surface area contributed by atoms with Crippen molar-refractivity contribution >= 4 is 17.5 Å². The van der Waals surface area contributed by atoms with Crippen molar-refractivity contribution in [2.75, 3.05) is 19.0 Å². The highest BCUT2D eigenvalue weighted by Gasteiger charge is 2.28. The van der Waals surface area contributed by atoms with Gasteiger partial charge in [0.1, 0.15) is 6.04 Å². The zero-order chi connectivity index (χ0) is 27.1. The molecule has 1 N–H and O–H groups in total. The first-order chi connectivity index (χ1) is 17.6. The van der Waals surface area contributed by atoms with Gasteiger partial charge in [0.05, 0.1) is 0 Å². The van der Waals surface area contributed by atoms with Crippen LogP contribution >= 0.6 is 0 Å². The summed E-state index contributed by atoms with van der Waals surface area (Å²) in [7, 11) is 3.80. The lowest BCUT2D eigenvalue weighted by molar-refractivity contribution is -0.121. The van der Waals surface area contributed by atoms with Crippen LogP contribution in [0, 0.1) is 32.1 Å². The second-order valence-corrected chi connectivity index (χ2v) is 10.1. The molecule has 192 valence electrons. The SMILES string of the molecule is C#Cc1ccc(N(C)C(=O)[C@H](NC(=O)c2ccc(CN(C)Cc3cc(C)cc(C)c3)cc2)C(C)C)cc1. The number of carbonyl (C=O) groups is 2. The average molecular weight is 496 g/mol. The van der Waals surface area contributed by atoms with Gasteiger partial charge < -0.3 is 10.2 Å². The Morgan fingerprint density at radius 1 is 0.865 bits per heavy atom. The smallest absolute Gasteiger partial charge is 0.251 e. The van der Waals surface area contributed by atoms with Crippen molar-refractivity contribution in [2.24, 2.45) is 5.92 Å². The number of rotatable bonds is 9. The molecule has 0 radical (unpaired) electrons. The number of nitrogens with one attached hydrogen (secondary N) is 1. The Labute approximate surface area is 221 Å². The zero-order valence-electron chi connectivity index (χ0n) is 22.7. The number of hydrogen-bond acceptors (Lipinski definition) is 3. The first-order valence-corrected chi connectivity index (χ1v) is 12.6. The van der Waals surface area contributed by atoms with Gasteiger partial charge in [0.25, 0.3) is 5.91 Å². The highest BCUT2D eigenvalue weighted by atomic mass is 16.2. The molecule has 0 fully saturated rings. The highest BCUT2D eigenvalue weighted by molar-refractivity contribution is 6.02. The molecule has 1 atom stereocenters. The molecule has 0 aliphatic rings. The molecule has 2 amide bonds. The van der Waals surface area contributed by atoms with Crippen LogP contribution in [0.15, 0.2) is 66.7 Å². The maximum absolute atomic E-state index is 13.2. The molecule has 0 heterocycles. The van der Waals surface area contributed by atoms with Crippen molar-refractivity contribution in [3.05, 3.63) is 100 Å². The van der Waals surface area contributed by atoms with E-state index in [0.29, 0.717) is 5.56 Å².